The second-order valence-electron chi connectivity index (χ2n) is 7.18. The summed E-state index contributed by atoms with van der Waals surface area (Å²) in [4.78, 5) is 0. The number of nitrogens with zero attached hydrogens (tertiary/aromatic N) is 1. The molecule has 0 aromatic carbocycles. The third-order valence-corrected chi connectivity index (χ3v) is 4.54. The van der Waals surface area contributed by atoms with Gasteiger partial charge in [0.25, 0.3) is 0 Å². The fraction of sp³-hybridized carbons (Fsp3) is 0.786. The van der Waals surface area contributed by atoms with Gasteiger partial charge in [0.2, 0.25) is 0 Å². The van der Waals surface area contributed by atoms with Crippen molar-refractivity contribution in [1.29, 1.82) is 0 Å². The highest BCUT2D eigenvalue weighted by Crippen LogP contribution is 2.47. The lowest BCUT2D eigenvalue weighted by Crippen LogP contribution is -2.40. The zero-order valence-corrected chi connectivity index (χ0v) is 13.4. The van der Waals surface area contributed by atoms with E-state index in [1.54, 1.807) is 7.11 Å². The highest BCUT2D eigenvalue weighted by Gasteiger charge is 2.38. The van der Waals surface area contributed by atoms with Crippen LogP contribution in [0.15, 0.2) is 0 Å². The van der Waals surface area contributed by atoms with Gasteiger partial charge in [0.05, 0.1) is 7.11 Å². The van der Waals surface area contributed by atoms with E-state index in [2.05, 4.69) is 37.4 Å². The summed E-state index contributed by atoms with van der Waals surface area (Å²) in [7, 11) is 1.64. The van der Waals surface area contributed by atoms with Gasteiger partial charge in [-0.25, -0.2) is 0 Å². The number of nitrogens with one attached hydrogen (secondary N) is 1. The Labute approximate surface area is 119 Å². The SMILES string of the molecule is COc1c(N)nsc1NC1CC(C)(C)CC(C)(C)C1. The lowest BCUT2D eigenvalue weighted by atomic mass is 9.63. The van der Waals surface area contributed by atoms with E-state index >= 15 is 0 Å². The number of nitrogen functional groups attached to an aromatic ring is 1. The van der Waals surface area contributed by atoms with Crippen molar-refractivity contribution in [3.05, 3.63) is 0 Å². The Morgan fingerprint density at radius 2 is 1.84 bits per heavy atom. The minimum absolute atomic E-state index is 0.364. The predicted molar refractivity (Wildman–Crippen MR) is 81.9 cm³/mol. The molecule has 0 unspecified atom stereocenters. The summed E-state index contributed by atoms with van der Waals surface area (Å²) in [6.07, 6.45) is 3.59. The number of methoxy groups -OCH3 is 1. The van der Waals surface area contributed by atoms with Gasteiger partial charge in [-0.3, -0.25) is 0 Å². The van der Waals surface area contributed by atoms with Gasteiger partial charge in [-0.15, -0.1) is 0 Å². The van der Waals surface area contributed by atoms with E-state index in [9.17, 15) is 0 Å². The summed E-state index contributed by atoms with van der Waals surface area (Å²) in [5.74, 6) is 1.16. The highest BCUT2D eigenvalue weighted by atomic mass is 32.1. The van der Waals surface area contributed by atoms with E-state index in [-0.39, 0.29) is 0 Å². The highest BCUT2D eigenvalue weighted by molar-refractivity contribution is 7.11. The third kappa shape index (κ3) is 3.32. The maximum atomic E-state index is 5.80. The molecule has 1 fully saturated rings. The smallest absolute Gasteiger partial charge is 0.197 e. The van der Waals surface area contributed by atoms with Crippen LogP contribution in [-0.2, 0) is 0 Å². The molecular weight excluding hydrogens is 258 g/mol. The van der Waals surface area contributed by atoms with Crippen LogP contribution in [-0.4, -0.2) is 17.5 Å². The standard InChI is InChI=1S/C14H25N3OS/c1-13(2)6-9(7-14(3,4)8-13)16-12-10(18-5)11(15)17-19-12/h9,16H,6-8H2,1-5H3,(H2,15,17). The first-order valence-corrected chi connectivity index (χ1v) is 7.55. The van der Waals surface area contributed by atoms with Gasteiger partial charge in [-0.1, -0.05) is 27.7 Å². The van der Waals surface area contributed by atoms with Gasteiger partial charge < -0.3 is 15.8 Å². The predicted octanol–water partition coefficient (Wildman–Crippen LogP) is 3.75. The first-order valence-electron chi connectivity index (χ1n) is 6.78. The quantitative estimate of drug-likeness (QED) is 0.887. The average molecular weight is 283 g/mol. The number of nitrogens with two attached hydrogens (primary N) is 1. The van der Waals surface area contributed by atoms with Crippen LogP contribution in [0.3, 0.4) is 0 Å². The first kappa shape index (κ1) is 14.4. The molecule has 4 nitrogen and oxygen atoms in total. The molecule has 0 amide bonds. The van der Waals surface area contributed by atoms with E-state index in [0.29, 0.717) is 28.4 Å². The molecule has 1 aliphatic rings. The second kappa shape index (κ2) is 4.85. The van der Waals surface area contributed by atoms with Crippen molar-refractivity contribution in [3.63, 3.8) is 0 Å². The number of rotatable bonds is 3. The van der Waals surface area contributed by atoms with Gasteiger partial charge in [-0.05, 0) is 41.6 Å². The van der Waals surface area contributed by atoms with Crippen molar-refractivity contribution in [2.45, 2.75) is 53.0 Å². The van der Waals surface area contributed by atoms with Gasteiger partial charge in [-0.2, -0.15) is 4.37 Å². The summed E-state index contributed by atoms with van der Waals surface area (Å²) in [5.41, 5.74) is 6.53. The molecule has 1 aromatic heterocycles. The molecule has 1 aromatic rings. The Morgan fingerprint density at radius 3 is 2.37 bits per heavy atom. The van der Waals surface area contributed by atoms with Crippen molar-refractivity contribution < 1.29 is 4.74 Å². The van der Waals surface area contributed by atoms with Crippen LogP contribution in [0.1, 0.15) is 47.0 Å². The van der Waals surface area contributed by atoms with Crippen LogP contribution in [0, 0.1) is 10.8 Å². The van der Waals surface area contributed by atoms with Crippen molar-refractivity contribution in [2.75, 3.05) is 18.2 Å². The molecule has 5 heteroatoms. The van der Waals surface area contributed by atoms with E-state index < -0.39 is 0 Å². The zero-order chi connectivity index (χ0) is 14.3. The van der Waals surface area contributed by atoms with Gasteiger partial charge in [0, 0.05) is 6.04 Å². The molecule has 3 N–H and O–H groups in total. The minimum Gasteiger partial charge on any atom is -0.490 e. The van der Waals surface area contributed by atoms with Crippen molar-refractivity contribution >= 4 is 22.4 Å². The van der Waals surface area contributed by atoms with Crippen molar-refractivity contribution in [2.24, 2.45) is 10.8 Å². The summed E-state index contributed by atoms with van der Waals surface area (Å²) in [6.45, 7) is 9.39. The van der Waals surface area contributed by atoms with Crippen LogP contribution in [0.25, 0.3) is 0 Å². The molecule has 0 atom stereocenters. The molecule has 0 aliphatic heterocycles. The number of hydrogen-bond donors (Lipinski definition) is 2. The van der Waals surface area contributed by atoms with Crippen LogP contribution in [0.2, 0.25) is 0 Å². The van der Waals surface area contributed by atoms with Crippen LogP contribution in [0.5, 0.6) is 5.75 Å². The van der Waals surface area contributed by atoms with E-state index in [1.165, 1.54) is 18.0 Å². The lowest BCUT2D eigenvalue weighted by molar-refractivity contribution is 0.105. The van der Waals surface area contributed by atoms with Crippen molar-refractivity contribution in [3.8, 4) is 5.75 Å². The van der Waals surface area contributed by atoms with Gasteiger partial charge in [0.1, 0.15) is 0 Å². The number of ether oxygens (including phenoxy) is 1. The van der Waals surface area contributed by atoms with Gasteiger partial charge in [0.15, 0.2) is 16.6 Å². The monoisotopic (exact) mass is 283 g/mol. The van der Waals surface area contributed by atoms with E-state index in [4.69, 9.17) is 10.5 Å². The normalized spacial score (nSPS) is 22.2. The fourth-order valence-corrected chi connectivity index (χ4v) is 4.48. The zero-order valence-electron chi connectivity index (χ0n) is 12.5. The van der Waals surface area contributed by atoms with Crippen LogP contribution >= 0.6 is 11.5 Å². The van der Waals surface area contributed by atoms with Gasteiger partial charge >= 0.3 is 0 Å². The topological polar surface area (TPSA) is 60.2 Å². The number of aromatic nitrogens is 1. The van der Waals surface area contributed by atoms with Crippen LogP contribution in [0.4, 0.5) is 10.8 Å². The Kier molecular flexibility index (Phi) is 3.69. The average Bonchev–Trinajstić information content (AvgIpc) is 2.54. The largest absolute Gasteiger partial charge is 0.490 e. The maximum absolute atomic E-state index is 5.80. The van der Waals surface area contributed by atoms with Crippen LogP contribution < -0.4 is 15.8 Å². The molecule has 0 radical (unpaired) electrons. The van der Waals surface area contributed by atoms with E-state index in [0.717, 1.165) is 17.8 Å². The molecule has 2 rings (SSSR count). The Bertz CT molecular complexity index is 438. The third-order valence-electron chi connectivity index (χ3n) is 3.77. The molecule has 0 saturated heterocycles. The lowest BCUT2D eigenvalue weighted by Gasteiger charge is -2.45. The molecular formula is C14H25N3OS. The molecule has 1 aliphatic carbocycles. The Hall–Kier alpha value is -0.970. The number of anilines is 2. The Balaban J connectivity index is 2.14. The summed E-state index contributed by atoms with van der Waals surface area (Å²) in [5, 5.41) is 4.54. The Morgan fingerprint density at radius 1 is 1.26 bits per heavy atom. The molecule has 1 saturated carbocycles. The molecule has 108 valence electrons. The molecule has 1 heterocycles. The summed E-state index contributed by atoms with van der Waals surface area (Å²) in [6, 6.07) is 0.451. The fourth-order valence-electron chi connectivity index (χ4n) is 3.72. The molecule has 19 heavy (non-hydrogen) atoms. The first-order chi connectivity index (χ1) is 8.72. The summed E-state index contributed by atoms with van der Waals surface area (Å²) < 4.78 is 9.48. The van der Waals surface area contributed by atoms with Crippen molar-refractivity contribution in [1.82, 2.24) is 4.37 Å². The molecule has 0 bridgehead atoms. The molecule has 0 spiro atoms. The maximum Gasteiger partial charge on any atom is 0.197 e. The second-order valence-corrected chi connectivity index (χ2v) is 7.96. The summed E-state index contributed by atoms with van der Waals surface area (Å²) >= 11 is 1.38. The minimum atomic E-state index is 0.364. The number of hydrogen-bond acceptors (Lipinski definition) is 5. The van der Waals surface area contributed by atoms with E-state index in [1.807, 2.05) is 0 Å².